The molecule has 0 bridgehead atoms. The second-order valence-electron chi connectivity index (χ2n) is 3.70. The molecule has 0 saturated heterocycles. The SMILES string of the molecule is C=CC(C)(C(F)(F)F)C(C)(O)C(=O)OCC. The quantitative estimate of drug-likeness (QED) is 0.604. The third kappa shape index (κ3) is 2.21. The van der Waals surface area contributed by atoms with E-state index in [2.05, 4.69) is 11.3 Å². The first-order chi connectivity index (χ1) is 7.04. The molecule has 0 amide bonds. The molecule has 0 fully saturated rings. The Bertz CT molecular complexity index is 284. The van der Waals surface area contributed by atoms with Gasteiger partial charge in [0.05, 0.1) is 6.61 Å². The molecule has 0 radical (unpaired) electrons. The first-order valence-electron chi connectivity index (χ1n) is 4.64. The van der Waals surface area contributed by atoms with E-state index in [1.807, 2.05) is 0 Å². The zero-order chi connectivity index (χ0) is 13.2. The van der Waals surface area contributed by atoms with Crippen LogP contribution in [-0.2, 0) is 9.53 Å². The standard InChI is InChI=1S/C10H15F3O3/c1-5-8(3,10(11,12)13)9(4,15)7(14)16-6-2/h5,15H,1,6H2,2-4H3. The molecule has 6 heteroatoms. The number of carbonyl (C=O) groups is 1. The van der Waals surface area contributed by atoms with Crippen molar-refractivity contribution in [2.45, 2.75) is 32.5 Å². The minimum absolute atomic E-state index is 0.111. The van der Waals surface area contributed by atoms with E-state index in [1.54, 1.807) is 0 Å². The number of rotatable bonds is 4. The van der Waals surface area contributed by atoms with E-state index in [0.29, 0.717) is 13.0 Å². The number of esters is 1. The Morgan fingerprint density at radius 2 is 1.88 bits per heavy atom. The van der Waals surface area contributed by atoms with E-state index < -0.39 is 23.2 Å². The summed E-state index contributed by atoms with van der Waals surface area (Å²) in [4.78, 5) is 11.3. The average Bonchev–Trinajstić information content (AvgIpc) is 2.14. The van der Waals surface area contributed by atoms with Crippen molar-refractivity contribution in [1.82, 2.24) is 0 Å². The van der Waals surface area contributed by atoms with Crippen LogP contribution < -0.4 is 0 Å². The molecule has 0 aliphatic rings. The molecular formula is C10H15F3O3. The summed E-state index contributed by atoms with van der Waals surface area (Å²) < 4.78 is 42.7. The lowest BCUT2D eigenvalue weighted by atomic mass is 9.73. The van der Waals surface area contributed by atoms with Crippen LogP contribution in [0.25, 0.3) is 0 Å². The molecule has 94 valence electrons. The molecule has 0 aliphatic carbocycles. The van der Waals surface area contributed by atoms with Crippen LogP contribution in [0.5, 0.6) is 0 Å². The van der Waals surface area contributed by atoms with Crippen molar-refractivity contribution in [3.63, 3.8) is 0 Å². The Hall–Kier alpha value is -1.04. The molecular weight excluding hydrogens is 225 g/mol. The first kappa shape index (κ1) is 15.0. The van der Waals surface area contributed by atoms with Gasteiger partial charge in [0.15, 0.2) is 5.60 Å². The van der Waals surface area contributed by atoms with E-state index >= 15 is 0 Å². The molecule has 0 aromatic rings. The monoisotopic (exact) mass is 240 g/mol. The van der Waals surface area contributed by atoms with Crippen LogP contribution in [0.1, 0.15) is 20.8 Å². The topological polar surface area (TPSA) is 46.5 Å². The van der Waals surface area contributed by atoms with Gasteiger partial charge < -0.3 is 9.84 Å². The lowest BCUT2D eigenvalue weighted by Gasteiger charge is -2.39. The van der Waals surface area contributed by atoms with Gasteiger partial charge in [0.2, 0.25) is 0 Å². The Balaban J connectivity index is 5.39. The largest absolute Gasteiger partial charge is 0.464 e. The van der Waals surface area contributed by atoms with Crippen molar-refractivity contribution in [3.05, 3.63) is 12.7 Å². The van der Waals surface area contributed by atoms with Crippen LogP contribution >= 0.6 is 0 Å². The van der Waals surface area contributed by atoms with Crippen molar-refractivity contribution in [3.8, 4) is 0 Å². The Morgan fingerprint density at radius 1 is 1.44 bits per heavy atom. The molecule has 0 heterocycles. The molecule has 0 aromatic carbocycles. The highest BCUT2D eigenvalue weighted by Crippen LogP contribution is 2.47. The van der Waals surface area contributed by atoms with Gasteiger partial charge in [-0.2, -0.15) is 13.2 Å². The number of halogens is 3. The molecule has 0 saturated carbocycles. The van der Waals surface area contributed by atoms with Crippen LogP contribution in [0.4, 0.5) is 13.2 Å². The van der Waals surface area contributed by atoms with Gasteiger partial charge in [-0.15, -0.1) is 6.58 Å². The van der Waals surface area contributed by atoms with E-state index in [4.69, 9.17) is 0 Å². The fourth-order valence-corrected chi connectivity index (χ4v) is 1.07. The third-order valence-corrected chi connectivity index (χ3v) is 2.68. The highest BCUT2D eigenvalue weighted by atomic mass is 19.4. The molecule has 0 aromatic heterocycles. The summed E-state index contributed by atoms with van der Waals surface area (Å²) in [5.41, 5.74) is -5.46. The second-order valence-corrected chi connectivity index (χ2v) is 3.70. The number of aliphatic hydroxyl groups is 1. The molecule has 0 aliphatic heterocycles. The minimum atomic E-state index is -4.80. The summed E-state index contributed by atoms with van der Waals surface area (Å²) in [7, 11) is 0. The van der Waals surface area contributed by atoms with Crippen molar-refractivity contribution in [1.29, 1.82) is 0 Å². The normalized spacial score (nSPS) is 19.4. The number of hydrogen-bond acceptors (Lipinski definition) is 3. The van der Waals surface area contributed by atoms with Gasteiger partial charge in [0, 0.05) is 0 Å². The third-order valence-electron chi connectivity index (χ3n) is 2.68. The summed E-state index contributed by atoms with van der Waals surface area (Å²) in [6, 6.07) is 0. The number of hydrogen-bond donors (Lipinski definition) is 1. The van der Waals surface area contributed by atoms with E-state index in [9.17, 15) is 23.1 Å². The first-order valence-corrected chi connectivity index (χ1v) is 4.64. The van der Waals surface area contributed by atoms with Gasteiger partial charge in [0.25, 0.3) is 0 Å². The van der Waals surface area contributed by atoms with Crippen molar-refractivity contribution in [2.24, 2.45) is 5.41 Å². The highest BCUT2D eigenvalue weighted by molar-refractivity contribution is 5.80. The lowest BCUT2D eigenvalue weighted by molar-refractivity contribution is -0.256. The lowest BCUT2D eigenvalue weighted by Crippen LogP contribution is -2.57. The van der Waals surface area contributed by atoms with Gasteiger partial charge in [-0.3, -0.25) is 0 Å². The molecule has 2 atom stereocenters. The van der Waals surface area contributed by atoms with Gasteiger partial charge in [-0.25, -0.2) is 4.79 Å². The zero-order valence-electron chi connectivity index (χ0n) is 9.39. The van der Waals surface area contributed by atoms with Crippen molar-refractivity contribution in [2.75, 3.05) is 6.61 Å². The number of alkyl halides is 3. The smallest absolute Gasteiger partial charge is 0.400 e. The van der Waals surface area contributed by atoms with E-state index in [0.717, 1.165) is 6.92 Å². The maximum Gasteiger partial charge on any atom is 0.400 e. The van der Waals surface area contributed by atoms with Gasteiger partial charge in [-0.05, 0) is 20.8 Å². The molecule has 1 N–H and O–H groups in total. The van der Waals surface area contributed by atoms with Gasteiger partial charge in [0.1, 0.15) is 5.41 Å². The Labute approximate surface area is 91.9 Å². The second kappa shape index (κ2) is 4.45. The summed E-state index contributed by atoms with van der Waals surface area (Å²) >= 11 is 0. The van der Waals surface area contributed by atoms with Crippen molar-refractivity contribution < 1.29 is 27.8 Å². The van der Waals surface area contributed by atoms with Crippen LogP contribution in [-0.4, -0.2) is 29.5 Å². The number of carbonyl (C=O) groups excluding carboxylic acids is 1. The highest BCUT2D eigenvalue weighted by Gasteiger charge is 2.63. The van der Waals surface area contributed by atoms with E-state index in [1.165, 1.54) is 6.92 Å². The van der Waals surface area contributed by atoms with Crippen molar-refractivity contribution >= 4 is 5.97 Å². The fraction of sp³-hybridized carbons (Fsp3) is 0.700. The predicted molar refractivity (Wildman–Crippen MR) is 51.6 cm³/mol. The Kier molecular flexibility index (Phi) is 4.16. The minimum Gasteiger partial charge on any atom is -0.464 e. The van der Waals surface area contributed by atoms with Gasteiger partial charge in [-0.1, -0.05) is 6.08 Å². The van der Waals surface area contributed by atoms with Crippen LogP contribution in [0.2, 0.25) is 0 Å². The summed E-state index contributed by atoms with van der Waals surface area (Å²) in [5, 5.41) is 9.70. The summed E-state index contributed by atoms with van der Waals surface area (Å²) in [6.45, 7) is 5.80. The number of ether oxygens (including phenoxy) is 1. The summed E-state index contributed by atoms with van der Waals surface area (Å²) in [6.07, 6.45) is -4.30. The summed E-state index contributed by atoms with van der Waals surface area (Å²) in [5.74, 6) is -1.32. The molecule has 3 nitrogen and oxygen atoms in total. The zero-order valence-corrected chi connectivity index (χ0v) is 9.39. The molecule has 0 spiro atoms. The molecule has 16 heavy (non-hydrogen) atoms. The predicted octanol–water partition coefficient (Wildman–Crippen LogP) is 2.06. The van der Waals surface area contributed by atoms with Crippen LogP contribution in [0.15, 0.2) is 12.7 Å². The van der Waals surface area contributed by atoms with Crippen LogP contribution in [0, 0.1) is 5.41 Å². The van der Waals surface area contributed by atoms with E-state index in [-0.39, 0.29) is 6.61 Å². The molecule has 0 rings (SSSR count). The Morgan fingerprint density at radius 3 is 2.12 bits per heavy atom. The average molecular weight is 240 g/mol. The van der Waals surface area contributed by atoms with Crippen LogP contribution in [0.3, 0.4) is 0 Å². The maximum atomic E-state index is 12.8. The molecule has 2 unspecified atom stereocenters. The maximum absolute atomic E-state index is 12.8. The van der Waals surface area contributed by atoms with Gasteiger partial charge >= 0.3 is 12.1 Å². The fourth-order valence-electron chi connectivity index (χ4n) is 1.07.